The van der Waals surface area contributed by atoms with E-state index in [1.807, 2.05) is 52.9 Å². The van der Waals surface area contributed by atoms with Gasteiger partial charge in [-0.1, -0.05) is 52.9 Å². The van der Waals surface area contributed by atoms with E-state index in [0.717, 1.165) is 5.56 Å². The number of hydrogen-bond acceptors (Lipinski definition) is 2. The molecule has 0 aromatic heterocycles. The summed E-state index contributed by atoms with van der Waals surface area (Å²) < 4.78 is -0.197. The van der Waals surface area contributed by atoms with Crippen LogP contribution in [0.2, 0.25) is 0 Å². The maximum absolute atomic E-state index is 10.7. The lowest BCUT2D eigenvalue weighted by atomic mass is 10.1. The Labute approximate surface area is 101 Å². The maximum atomic E-state index is 10.7. The fourth-order valence-electron chi connectivity index (χ4n) is 1.16. The van der Waals surface area contributed by atoms with E-state index < -0.39 is 12.1 Å². The Bertz CT molecular complexity index is 342. The first kappa shape index (κ1) is 12.0. The molecule has 0 bridgehead atoms. The summed E-state index contributed by atoms with van der Waals surface area (Å²) in [5.74, 6) is 0. The Morgan fingerprint density at radius 2 is 2.00 bits per heavy atom. The summed E-state index contributed by atoms with van der Waals surface area (Å²) in [4.78, 5) is 21.2. The largest absolute Gasteiger partial charge is 0.465 e. The maximum Gasteiger partial charge on any atom is 0.405 e. The van der Waals surface area contributed by atoms with Gasteiger partial charge in [-0.05, 0) is 5.56 Å². The molecule has 0 aliphatic rings. The molecular weight excluding hydrogens is 309 g/mol. The molecule has 1 rings (SSSR count). The van der Waals surface area contributed by atoms with Crippen molar-refractivity contribution < 1.29 is 14.7 Å². The average molecular weight is 319 g/mol. The highest BCUT2D eigenvalue weighted by molar-refractivity contribution is 14.1. The van der Waals surface area contributed by atoms with Crippen LogP contribution in [0.15, 0.2) is 30.3 Å². The zero-order valence-electron chi connectivity index (χ0n) is 7.76. The van der Waals surface area contributed by atoms with Crippen LogP contribution in [0.5, 0.6) is 0 Å². The summed E-state index contributed by atoms with van der Waals surface area (Å²) >= 11 is 2.05. The predicted molar refractivity (Wildman–Crippen MR) is 64.2 cm³/mol. The first-order chi connectivity index (χ1) is 7.15. The second kappa shape index (κ2) is 5.69. The lowest BCUT2D eigenvalue weighted by Crippen LogP contribution is -2.37. The quantitative estimate of drug-likeness (QED) is 0.507. The molecule has 1 aromatic carbocycles. The van der Waals surface area contributed by atoms with E-state index in [1.54, 1.807) is 0 Å². The molecule has 0 aliphatic carbocycles. The first-order valence-electron chi connectivity index (χ1n) is 4.29. The highest BCUT2D eigenvalue weighted by Gasteiger charge is 2.21. The molecule has 4 nitrogen and oxygen atoms in total. The molecule has 2 N–H and O–H groups in total. The number of aldehydes is 1. The number of halogens is 1. The van der Waals surface area contributed by atoms with Crippen LogP contribution in [0.1, 0.15) is 9.49 Å². The van der Waals surface area contributed by atoms with Crippen molar-refractivity contribution >= 4 is 35.0 Å². The zero-order valence-corrected chi connectivity index (χ0v) is 9.92. The van der Waals surface area contributed by atoms with Crippen molar-refractivity contribution in [1.29, 1.82) is 0 Å². The van der Waals surface area contributed by atoms with Crippen LogP contribution in [0.25, 0.3) is 0 Å². The molecule has 80 valence electrons. The summed E-state index contributed by atoms with van der Waals surface area (Å²) in [6, 6.07) is 8.57. The molecule has 2 atom stereocenters. The number of carbonyl (C=O) groups is 2. The number of benzene rings is 1. The van der Waals surface area contributed by atoms with Crippen molar-refractivity contribution in [3.8, 4) is 0 Å². The molecule has 1 amide bonds. The number of carbonyl (C=O) groups excluding carboxylic acids is 1. The molecule has 15 heavy (non-hydrogen) atoms. The van der Waals surface area contributed by atoms with Gasteiger partial charge in [0.2, 0.25) is 0 Å². The van der Waals surface area contributed by atoms with Crippen molar-refractivity contribution in [2.45, 2.75) is 9.97 Å². The monoisotopic (exact) mass is 319 g/mol. The topological polar surface area (TPSA) is 66.4 Å². The van der Waals surface area contributed by atoms with E-state index in [4.69, 9.17) is 5.11 Å². The third-order valence-electron chi connectivity index (χ3n) is 1.87. The summed E-state index contributed by atoms with van der Waals surface area (Å²) in [6.07, 6.45) is -0.581. The van der Waals surface area contributed by atoms with Crippen LogP contribution in [-0.2, 0) is 4.79 Å². The van der Waals surface area contributed by atoms with Gasteiger partial charge in [0.25, 0.3) is 0 Å². The van der Waals surface area contributed by atoms with Gasteiger partial charge >= 0.3 is 6.09 Å². The molecule has 0 saturated carbocycles. The minimum Gasteiger partial charge on any atom is -0.465 e. The summed E-state index contributed by atoms with van der Waals surface area (Å²) in [7, 11) is 0. The molecule has 0 fully saturated rings. The molecule has 0 radical (unpaired) electrons. The number of nitrogens with one attached hydrogen (secondary N) is 1. The lowest BCUT2D eigenvalue weighted by molar-refractivity contribution is -0.109. The van der Waals surface area contributed by atoms with E-state index in [9.17, 15) is 9.59 Å². The van der Waals surface area contributed by atoms with E-state index in [1.165, 1.54) is 0 Å². The average Bonchev–Trinajstić information content (AvgIpc) is 2.26. The van der Waals surface area contributed by atoms with Crippen LogP contribution < -0.4 is 5.32 Å². The van der Waals surface area contributed by atoms with Crippen molar-refractivity contribution in [1.82, 2.24) is 5.32 Å². The fraction of sp³-hybridized carbons (Fsp3) is 0.200. The van der Waals surface area contributed by atoms with Gasteiger partial charge in [-0.3, -0.25) is 0 Å². The number of rotatable bonds is 4. The van der Waals surface area contributed by atoms with E-state index in [0.29, 0.717) is 6.29 Å². The summed E-state index contributed by atoms with van der Waals surface area (Å²) in [6.45, 7) is 0. The van der Waals surface area contributed by atoms with E-state index in [-0.39, 0.29) is 3.92 Å². The molecule has 1 unspecified atom stereocenters. The minimum atomic E-state index is -1.19. The third kappa shape index (κ3) is 3.50. The van der Waals surface area contributed by atoms with Crippen molar-refractivity contribution in [2.24, 2.45) is 0 Å². The van der Waals surface area contributed by atoms with Crippen LogP contribution in [0.3, 0.4) is 0 Å². The van der Waals surface area contributed by atoms with Crippen molar-refractivity contribution in [2.75, 3.05) is 0 Å². The van der Waals surface area contributed by atoms with Gasteiger partial charge in [0, 0.05) is 0 Å². The molecule has 0 aliphatic heterocycles. The summed E-state index contributed by atoms with van der Waals surface area (Å²) in [5.41, 5.74) is 0.920. The normalized spacial score (nSPS) is 13.9. The second-order valence-corrected chi connectivity index (χ2v) is 4.27. The van der Waals surface area contributed by atoms with E-state index in [2.05, 4.69) is 5.32 Å². The Kier molecular flexibility index (Phi) is 4.54. The minimum absolute atomic E-state index is 0.197. The van der Waals surface area contributed by atoms with Gasteiger partial charge in [0.1, 0.15) is 12.3 Å². The third-order valence-corrected chi connectivity index (χ3v) is 3.36. The molecule has 0 heterocycles. The molecule has 0 spiro atoms. The van der Waals surface area contributed by atoms with Crippen molar-refractivity contribution in [3.05, 3.63) is 35.9 Å². The van der Waals surface area contributed by atoms with Gasteiger partial charge in [-0.25, -0.2) is 4.79 Å². The van der Waals surface area contributed by atoms with Gasteiger partial charge in [-0.15, -0.1) is 0 Å². The lowest BCUT2D eigenvalue weighted by Gasteiger charge is -2.17. The zero-order chi connectivity index (χ0) is 11.3. The van der Waals surface area contributed by atoms with Gasteiger partial charge in [0.15, 0.2) is 0 Å². The smallest absolute Gasteiger partial charge is 0.405 e. The number of alkyl halides is 1. The molecule has 0 saturated heterocycles. The highest BCUT2D eigenvalue weighted by Crippen LogP contribution is 2.25. The van der Waals surface area contributed by atoms with Crippen LogP contribution in [0, 0.1) is 0 Å². The fourth-order valence-corrected chi connectivity index (χ4v) is 1.93. The molecular formula is C10H10INO3. The number of carboxylic acid groups (broad SMARTS) is 1. The van der Waals surface area contributed by atoms with E-state index >= 15 is 0 Å². The Balaban J connectivity index is 2.77. The highest BCUT2D eigenvalue weighted by atomic mass is 127. The molecule has 1 aromatic rings. The van der Waals surface area contributed by atoms with Gasteiger partial charge in [0.05, 0.1) is 3.92 Å². The van der Waals surface area contributed by atoms with Crippen LogP contribution in [0.4, 0.5) is 4.79 Å². The standard InChI is InChI=1S/C10H10INO3/c11-9(7-4-2-1-3-5-7)8(6-13)12-10(14)15/h1-6,8-9,12H,(H,14,15)/t8-,9?/m0/s1. The SMILES string of the molecule is O=C[C@H](NC(=O)O)C(I)c1ccccc1. The second-order valence-electron chi connectivity index (χ2n) is 2.92. The van der Waals surface area contributed by atoms with Crippen LogP contribution >= 0.6 is 22.6 Å². The van der Waals surface area contributed by atoms with Gasteiger partial charge in [-0.2, -0.15) is 0 Å². The van der Waals surface area contributed by atoms with Crippen molar-refractivity contribution in [3.63, 3.8) is 0 Å². The molecule has 5 heteroatoms. The Hall–Kier alpha value is -1.11. The number of amides is 1. The predicted octanol–water partition coefficient (Wildman–Crippen LogP) is 2.00. The van der Waals surface area contributed by atoms with Crippen LogP contribution in [-0.4, -0.2) is 23.5 Å². The number of hydrogen-bond donors (Lipinski definition) is 2. The van der Waals surface area contributed by atoms with Gasteiger partial charge < -0.3 is 15.2 Å². The Morgan fingerprint density at radius 3 is 2.47 bits per heavy atom. The first-order valence-corrected chi connectivity index (χ1v) is 5.53. The Morgan fingerprint density at radius 1 is 1.40 bits per heavy atom. The summed E-state index contributed by atoms with van der Waals surface area (Å²) in [5, 5.41) is 10.7.